The second-order valence-electron chi connectivity index (χ2n) is 8.03. The summed E-state index contributed by atoms with van der Waals surface area (Å²) in [4.78, 5) is 18.0. The minimum atomic E-state index is -0.213. The standard InChI is InChI=1S/C24H32N2O3/c1-17(2)23(19-11-12-21(28-4)22(15-19)29-5)24(27)26-14-13-25(3)20(16-26)18-9-7-6-8-10-18/h6-12,15,17,20,23H,13-14,16H2,1-5H3. The van der Waals surface area contributed by atoms with Crippen LogP contribution in [0.3, 0.4) is 0 Å². The van der Waals surface area contributed by atoms with Crippen LogP contribution in [-0.2, 0) is 4.79 Å². The molecule has 2 aromatic rings. The smallest absolute Gasteiger partial charge is 0.230 e. The molecule has 1 saturated heterocycles. The summed E-state index contributed by atoms with van der Waals surface area (Å²) >= 11 is 0. The molecule has 5 nitrogen and oxygen atoms in total. The topological polar surface area (TPSA) is 42.0 Å². The number of benzene rings is 2. The van der Waals surface area contributed by atoms with E-state index in [-0.39, 0.29) is 23.8 Å². The Kier molecular flexibility index (Phi) is 6.80. The van der Waals surface area contributed by atoms with Gasteiger partial charge < -0.3 is 14.4 Å². The Morgan fingerprint density at radius 2 is 1.69 bits per heavy atom. The largest absolute Gasteiger partial charge is 0.493 e. The number of methoxy groups -OCH3 is 2. The molecule has 0 spiro atoms. The molecule has 0 N–H and O–H groups in total. The zero-order valence-corrected chi connectivity index (χ0v) is 18.1. The molecule has 2 aromatic carbocycles. The summed E-state index contributed by atoms with van der Waals surface area (Å²) in [6, 6.07) is 16.4. The number of nitrogens with zero attached hydrogens (tertiary/aromatic N) is 2. The lowest BCUT2D eigenvalue weighted by Crippen LogP contribution is -2.50. The number of ether oxygens (including phenoxy) is 2. The third-order valence-electron chi connectivity index (χ3n) is 5.84. The molecule has 2 atom stereocenters. The van der Waals surface area contributed by atoms with Gasteiger partial charge in [0.1, 0.15) is 0 Å². The molecule has 1 fully saturated rings. The fourth-order valence-corrected chi connectivity index (χ4v) is 4.16. The zero-order valence-electron chi connectivity index (χ0n) is 18.1. The highest BCUT2D eigenvalue weighted by Gasteiger charge is 2.34. The van der Waals surface area contributed by atoms with Crippen LogP contribution in [0.25, 0.3) is 0 Å². The van der Waals surface area contributed by atoms with E-state index in [1.165, 1.54) is 5.56 Å². The van der Waals surface area contributed by atoms with Gasteiger partial charge in [-0.05, 0) is 36.2 Å². The summed E-state index contributed by atoms with van der Waals surface area (Å²) in [5, 5.41) is 0. The van der Waals surface area contributed by atoms with Crippen LogP contribution < -0.4 is 9.47 Å². The van der Waals surface area contributed by atoms with Crippen molar-refractivity contribution in [2.75, 3.05) is 40.9 Å². The molecular weight excluding hydrogens is 364 g/mol. The Morgan fingerprint density at radius 1 is 1.00 bits per heavy atom. The lowest BCUT2D eigenvalue weighted by Gasteiger charge is -2.41. The number of rotatable bonds is 6. The normalized spacial score (nSPS) is 18.6. The fraction of sp³-hybridized carbons (Fsp3) is 0.458. The maximum atomic E-state index is 13.6. The average molecular weight is 397 g/mol. The Hall–Kier alpha value is -2.53. The number of carbonyl (C=O) groups is 1. The van der Waals surface area contributed by atoms with Crippen LogP contribution in [0, 0.1) is 5.92 Å². The average Bonchev–Trinajstić information content (AvgIpc) is 2.74. The number of piperazine rings is 1. The maximum Gasteiger partial charge on any atom is 0.230 e. The van der Waals surface area contributed by atoms with Gasteiger partial charge in [-0.1, -0.05) is 50.2 Å². The van der Waals surface area contributed by atoms with Crippen LogP contribution >= 0.6 is 0 Å². The van der Waals surface area contributed by atoms with Crippen LogP contribution in [-0.4, -0.2) is 56.6 Å². The molecule has 29 heavy (non-hydrogen) atoms. The van der Waals surface area contributed by atoms with Crippen molar-refractivity contribution in [2.45, 2.75) is 25.8 Å². The van der Waals surface area contributed by atoms with E-state index >= 15 is 0 Å². The van der Waals surface area contributed by atoms with Gasteiger partial charge in [0, 0.05) is 19.6 Å². The molecule has 2 unspecified atom stereocenters. The molecule has 5 heteroatoms. The summed E-state index contributed by atoms with van der Waals surface area (Å²) in [5.74, 6) is 1.48. The van der Waals surface area contributed by atoms with Gasteiger partial charge in [0.25, 0.3) is 0 Å². The predicted octanol–water partition coefficient (Wildman–Crippen LogP) is 3.96. The van der Waals surface area contributed by atoms with E-state index in [1.54, 1.807) is 14.2 Å². The highest BCUT2D eigenvalue weighted by atomic mass is 16.5. The van der Waals surface area contributed by atoms with Gasteiger partial charge in [0.05, 0.1) is 26.2 Å². The Morgan fingerprint density at radius 3 is 2.31 bits per heavy atom. The third-order valence-corrected chi connectivity index (χ3v) is 5.84. The van der Waals surface area contributed by atoms with E-state index in [4.69, 9.17) is 9.47 Å². The van der Waals surface area contributed by atoms with E-state index < -0.39 is 0 Å². The number of hydrogen-bond donors (Lipinski definition) is 0. The van der Waals surface area contributed by atoms with Gasteiger partial charge in [0.15, 0.2) is 11.5 Å². The summed E-state index contributed by atoms with van der Waals surface area (Å²) in [6.45, 7) is 6.52. The predicted molar refractivity (Wildman–Crippen MR) is 116 cm³/mol. The number of likely N-dealkylation sites (N-methyl/N-ethyl adjacent to an activating group) is 1. The minimum Gasteiger partial charge on any atom is -0.493 e. The summed E-state index contributed by atoms with van der Waals surface area (Å²) in [5.41, 5.74) is 2.22. The van der Waals surface area contributed by atoms with Gasteiger partial charge in [0.2, 0.25) is 5.91 Å². The second-order valence-corrected chi connectivity index (χ2v) is 8.03. The Bertz CT molecular complexity index is 822. The van der Waals surface area contributed by atoms with Crippen LogP contribution in [0.2, 0.25) is 0 Å². The van der Waals surface area contributed by atoms with Crippen molar-refractivity contribution >= 4 is 5.91 Å². The van der Waals surface area contributed by atoms with Crippen molar-refractivity contribution in [3.05, 3.63) is 59.7 Å². The van der Waals surface area contributed by atoms with E-state index in [2.05, 4.69) is 50.1 Å². The molecular formula is C24H32N2O3. The first-order chi connectivity index (χ1) is 14.0. The molecule has 1 heterocycles. The van der Waals surface area contributed by atoms with Gasteiger partial charge in [-0.2, -0.15) is 0 Å². The second kappa shape index (κ2) is 9.31. The van der Waals surface area contributed by atoms with Gasteiger partial charge in [-0.3, -0.25) is 9.69 Å². The molecule has 1 aliphatic rings. The van der Waals surface area contributed by atoms with Crippen molar-refractivity contribution < 1.29 is 14.3 Å². The first-order valence-corrected chi connectivity index (χ1v) is 10.2. The SMILES string of the molecule is COc1ccc(C(C(=O)N2CCN(C)C(c3ccccc3)C2)C(C)C)cc1OC. The Labute approximate surface area is 174 Å². The quantitative estimate of drug-likeness (QED) is 0.741. The van der Waals surface area contributed by atoms with E-state index in [1.807, 2.05) is 29.2 Å². The van der Waals surface area contributed by atoms with Gasteiger partial charge in [-0.15, -0.1) is 0 Å². The molecule has 0 radical (unpaired) electrons. The van der Waals surface area contributed by atoms with Crippen molar-refractivity contribution in [3.63, 3.8) is 0 Å². The monoisotopic (exact) mass is 396 g/mol. The van der Waals surface area contributed by atoms with Crippen molar-refractivity contribution in [3.8, 4) is 11.5 Å². The molecule has 0 aliphatic carbocycles. The highest BCUT2D eigenvalue weighted by Crippen LogP contribution is 2.35. The van der Waals surface area contributed by atoms with E-state index in [9.17, 15) is 4.79 Å². The molecule has 0 bridgehead atoms. The van der Waals surface area contributed by atoms with Crippen molar-refractivity contribution in [2.24, 2.45) is 5.92 Å². The van der Waals surface area contributed by atoms with Crippen LogP contribution in [0.15, 0.2) is 48.5 Å². The number of carbonyl (C=O) groups excluding carboxylic acids is 1. The summed E-state index contributed by atoms with van der Waals surface area (Å²) < 4.78 is 10.8. The lowest BCUT2D eigenvalue weighted by atomic mass is 9.86. The van der Waals surface area contributed by atoms with Crippen LogP contribution in [0.1, 0.15) is 36.9 Å². The van der Waals surface area contributed by atoms with Crippen molar-refractivity contribution in [1.82, 2.24) is 9.80 Å². The van der Waals surface area contributed by atoms with Gasteiger partial charge in [-0.25, -0.2) is 0 Å². The third kappa shape index (κ3) is 4.56. The fourth-order valence-electron chi connectivity index (χ4n) is 4.16. The van der Waals surface area contributed by atoms with E-state index in [0.29, 0.717) is 18.0 Å². The van der Waals surface area contributed by atoms with Crippen LogP contribution in [0.5, 0.6) is 11.5 Å². The highest BCUT2D eigenvalue weighted by molar-refractivity contribution is 5.84. The molecule has 156 valence electrons. The van der Waals surface area contributed by atoms with E-state index in [0.717, 1.165) is 18.7 Å². The molecule has 3 rings (SSSR count). The lowest BCUT2D eigenvalue weighted by molar-refractivity contribution is -0.136. The molecule has 0 aromatic heterocycles. The number of amides is 1. The van der Waals surface area contributed by atoms with Crippen LogP contribution in [0.4, 0.5) is 0 Å². The minimum absolute atomic E-state index is 0.176. The van der Waals surface area contributed by atoms with Gasteiger partial charge >= 0.3 is 0 Å². The summed E-state index contributed by atoms with van der Waals surface area (Å²) in [7, 11) is 5.38. The molecule has 1 aliphatic heterocycles. The first kappa shape index (κ1) is 21.2. The summed E-state index contributed by atoms with van der Waals surface area (Å²) in [6.07, 6.45) is 0. The van der Waals surface area contributed by atoms with Crippen molar-refractivity contribution in [1.29, 1.82) is 0 Å². The zero-order chi connectivity index (χ0) is 21.0. The molecule has 0 saturated carbocycles. The first-order valence-electron chi connectivity index (χ1n) is 10.2. The Balaban J connectivity index is 1.86. The maximum absolute atomic E-state index is 13.6. The number of hydrogen-bond acceptors (Lipinski definition) is 4. The molecule has 1 amide bonds.